The van der Waals surface area contributed by atoms with E-state index in [2.05, 4.69) is 6.92 Å². The van der Waals surface area contributed by atoms with E-state index >= 15 is 0 Å². The predicted octanol–water partition coefficient (Wildman–Crippen LogP) is 3.10. The molecule has 0 aromatic heterocycles. The molecular weight excluding hydrogens is 238 g/mol. The Hall–Kier alpha value is -1.51. The van der Waals surface area contributed by atoms with Crippen molar-refractivity contribution in [2.75, 3.05) is 13.1 Å². The fourth-order valence-corrected chi connectivity index (χ4v) is 2.56. The summed E-state index contributed by atoms with van der Waals surface area (Å²) < 4.78 is 5.82. The largest absolute Gasteiger partial charge is 0.481 e. The van der Waals surface area contributed by atoms with Crippen molar-refractivity contribution in [3.05, 3.63) is 30.3 Å². The first kappa shape index (κ1) is 13.9. The van der Waals surface area contributed by atoms with Crippen LogP contribution in [-0.4, -0.2) is 30.0 Å². The smallest absolute Gasteiger partial charge is 0.263 e. The van der Waals surface area contributed by atoms with Crippen LogP contribution in [0.25, 0.3) is 0 Å². The van der Waals surface area contributed by atoms with Crippen molar-refractivity contribution in [2.45, 2.75) is 39.2 Å². The lowest BCUT2D eigenvalue weighted by Crippen LogP contribution is -2.46. The summed E-state index contributed by atoms with van der Waals surface area (Å²) in [5, 5.41) is 0. The SMILES string of the molecule is CC[C@H](Oc1ccccc1)C(=O)N1CCC[C@@H](C)C1. The standard InChI is InChI=1S/C16H23NO2/c1-3-15(19-14-9-5-4-6-10-14)16(18)17-11-7-8-13(2)12-17/h4-6,9-10,13,15H,3,7-8,11-12H2,1-2H3/t13-,15+/m1/s1. The maximum absolute atomic E-state index is 12.5. The van der Waals surface area contributed by atoms with Gasteiger partial charge in [-0.15, -0.1) is 0 Å². The number of carbonyl (C=O) groups excluding carboxylic acids is 1. The highest BCUT2D eigenvalue weighted by molar-refractivity contribution is 5.81. The van der Waals surface area contributed by atoms with Gasteiger partial charge >= 0.3 is 0 Å². The molecule has 0 saturated carbocycles. The molecule has 1 aromatic rings. The van der Waals surface area contributed by atoms with Crippen molar-refractivity contribution in [3.8, 4) is 5.75 Å². The van der Waals surface area contributed by atoms with Gasteiger partial charge in [0, 0.05) is 13.1 Å². The lowest BCUT2D eigenvalue weighted by molar-refractivity contribution is -0.140. The second kappa shape index (κ2) is 6.60. The van der Waals surface area contributed by atoms with E-state index in [0.717, 1.165) is 25.3 Å². The van der Waals surface area contributed by atoms with E-state index < -0.39 is 0 Å². The van der Waals surface area contributed by atoms with Gasteiger partial charge in [0.25, 0.3) is 5.91 Å². The van der Waals surface area contributed by atoms with Crippen LogP contribution >= 0.6 is 0 Å². The lowest BCUT2D eigenvalue weighted by Gasteiger charge is -2.33. The van der Waals surface area contributed by atoms with Crippen LogP contribution in [0.1, 0.15) is 33.1 Å². The molecular formula is C16H23NO2. The molecule has 2 rings (SSSR count). The van der Waals surface area contributed by atoms with Crippen molar-refractivity contribution in [1.29, 1.82) is 0 Å². The van der Waals surface area contributed by atoms with Gasteiger partial charge in [0.05, 0.1) is 0 Å². The zero-order valence-electron chi connectivity index (χ0n) is 11.8. The van der Waals surface area contributed by atoms with Crippen LogP contribution in [0.4, 0.5) is 0 Å². The average molecular weight is 261 g/mol. The van der Waals surface area contributed by atoms with E-state index in [9.17, 15) is 4.79 Å². The van der Waals surface area contributed by atoms with Gasteiger partial charge in [0.2, 0.25) is 0 Å². The van der Waals surface area contributed by atoms with E-state index in [1.165, 1.54) is 6.42 Å². The number of hydrogen-bond donors (Lipinski definition) is 0. The highest BCUT2D eigenvalue weighted by Crippen LogP contribution is 2.19. The number of amides is 1. The van der Waals surface area contributed by atoms with Crippen molar-refractivity contribution in [1.82, 2.24) is 4.90 Å². The average Bonchev–Trinajstić information content (AvgIpc) is 2.45. The predicted molar refractivity (Wildman–Crippen MR) is 76.1 cm³/mol. The summed E-state index contributed by atoms with van der Waals surface area (Å²) in [6, 6.07) is 9.59. The molecule has 0 aliphatic carbocycles. The number of piperidine rings is 1. The van der Waals surface area contributed by atoms with Crippen LogP contribution < -0.4 is 4.74 Å². The third kappa shape index (κ3) is 3.72. The molecule has 1 heterocycles. The van der Waals surface area contributed by atoms with Gasteiger partial charge in [-0.3, -0.25) is 4.79 Å². The Kier molecular flexibility index (Phi) is 4.83. The molecule has 0 N–H and O–H groups in total. The fourth-order valence-electron chi connectivity index (χ4n) is 2.56. The Morgan fingerprint density at radius 1 is 1.42 bits per heavy atom. The minimum atomic E-state index is -0.354. The number of rotatable bonds is 4. The number of nitrogens with zero attached hydrogens (tertiary/aromatic N) is 1. The van der Waals surface area contributed by atoms with Gasteiger partial charge in [-0.05, 0) is 37.3 Å². The van der Waals surface area contributed by atoms with Crippen molar-refractivity contribution in [2.24, 2.45) is 5.92 Å². The summed E-state index contributed by atoms with van der Waals surface area (Å²) in [7, 11) is 0. The number of para-hydroxylation sites is 1. The Labute approximate surface area is 115 Å². The summed E-state index contributed by atoms with van der Waals surface area (Å²) in [6.45, 7) is 5.95. The maximum atomic E-state index is 12.5. The van der Waals surface area contributed by atoms with E-state index in [1.54, 1.807) is 0 Å². The monoisotopic (exact) mass is 261 g/mol. The van der Waals surface area contributed by atoms with Crippen molar-refractivity contribution in [3.63, 3.8) is 0 Å². The Morgan fingerprint density at radius 2 is 2.16 bits per heavy atom. The first-order chi connectivity index (χ1) is 9.20. The van der Waals surface area contributed by atoms with Crippen LogP contribution in [0.2, 0.25) is 0 Å². The summed E-state index contributed by atoms with van der Waals surface area (Å²) in [4.78, 5) is 14.4. The van der Waals surface area contributed by atoms with E-state index in [4.69, 9.17) is 4.74 Å². The number of carbonyl (C=O) groups is 1. The maximum Gasteiger partial charge on any atom is 0.263 e. The quantitative estimate of drug-likeness (QED) is 0.833. The van der Waals surface area contributed by atoms with Gasteiger partial charge < -0.3 is 9.64 Å². The lowest BCUT2D eigenvalue weighted by atomic mass is 9.99. The van der Waals surface area contributed by atoms with Crippen LogP contribution in [0, 0.1) is 5.92 Å². The first-order valence-corrected chi connectivity index (χ1v) is 7.21. The van der Waals surface area contributed by atoms with Crippen molar-refractivity contribution >= 4 is 5.91 Å². The molecule has 0 unspecified atom stereocenters. The molecule has 1 saturated heterocycles. The minimum absolute atomic E-state index is 0.137. The fraction of sp³-hybridized carbons (Fsp3) is 0.562. The van der Waals surface area contributed by atoms with E-state index in [-0.39, 0.29) is 12.0 Å². The molecule has 1 aliphatic heterocycles. The van der Waals surface area contributed by atoms with Crippen LogP contribution in [0.5, 0.6) is 5.75 Å². The molecule has 1 aliphatic rings. The number of hydrogen-bond acceptors (Lipinski definition) is 2. The minimum Gasteiger partial charge on any atom is -0.481 e. The molecule has 104 valence electrons. The van der Waals surface area contributed by atoms with Crippen LogP contribution in [-0.2, 0) is 4.79 Å². The second-order valence-corrected chi connectivity index (χ2v) is 5.36. The summed E-state index contributed by atoms with van der Waals surface area (Å²) >= 11 is 0. The number of benzene rings is 1. The summed E-state index contributed by atoms with van der Waals surface area (Å²) in [5.41, 5.74) is 0. The summed E-state index contributed by atoms with van der Waals surface area (Å²) in [6.07, 6.45) is 2.68. The van der Waals surface area contributed by atoms with Gasteiger partial charge in [-0.1, -0.05) is 32.0 Å². The normalized spacial score (nSPS) is 20.9. The molecule has 0 bridgehead atoms. The third-order valence-corrected chi connectivity index (χ3v) is 3.64. The molecule has 1 amide bonds. The zero-order chi connectivity index (χ0) is 13.7. The Balaban J connectivity index is 1.98. The molecule has 1 aromatic carbocycles. The first-order valence-electron chi connectivity index (χ1n) is 7.21. The van der Waals surface area contributed by atoms with E-state index in [1.807, 2.05) is 42.2 Å². The second-order valence-electron chi connectivity index (χ2n) is 5.36. The van der Waals surface area contributed by atoms with Gasteiger partial charge in [-0.2, -0.15) is 0 Å². The molecule has 3 nitrogen and oxygen atoms in total. The molecule has 1 fully saturated rings. The number of ether oxygens (including phenoxy) is 1. The highest BCUT2D eigenvalue weighted by atomic mass is 16.5. The van der Waals surface area contributed by atoms with Crippen LogP contribution in [0.15, 0.2) is 30.3 Å². The van der Waals surface area contributed by atoms with E-state index in [0.29, 0.717) is 12.3 Å². The van der Waals surface area contributed by atoms with Gasteiger partial charge in [0.1, 0.15) is 5.75 Å². The third-order valence-electron chi connectivity index (χ3n) is 3.64. The number of likely N-dealkylation sites (tertiary alicyclic amines) is 1. The molecule has 0 spiro atoms. The Bertz CT molecular complexity index is 404. The van der Waals surface area contributed by atoms with Gasteiger partial charge in [-0.25, -0.2) is 0 Å². The Morgan fingerprint density at radius 3 is 2.79 bits per heavy atom. The van der Waals surface area contributed by atoms with Crippen molar-refractivity contribution < 1.29 is 9.53 Å². The topological polar surface area (TPSA) is 29.5 Å². The highest BCUT2D eigenvalue weighted by Gasteiger charge is 2.27. The molecule has 0 radical (unpaired) electrons. The molecule has 3 heteroatoms. The molecule has 19 heavy (non-hydrogen) atoms. The van der Waals surface area contributed by atoms with Crippen LogP contribution in [0.3, 0.4) is 0 Å². The zero-order valence-corrected chi connectivity index (χ0v) is 11.8. The van der Waals surface area contributed by atoms with Gasteiger partial charge in [0.15, 0.2) is 6.10 Å². The molecule has 2 atom stereocenters. The summed E-state index contributed by atoms with van der Waals surface area (Å²) in [5.74, 6) is 1.51.